The van der Waals surface area contributed by atoms with Crippen molar-refractivity contribution in [3.8, 4) is 16.9 Å². The Bertz CT molecular complexity index is 1730. The summed E-state index contributed by atoms with van der Waals surface area (Å²) >= 11 is 3.68. The predicted molar refractivity (Wildman–Crippen MR) is 188 cm³/mol. The topological polar surface area (TPSA) is 70.3 Å². The molecule has 0 aliphatic heterocycles. The number of ether oxygens (including phenoxy) is 2. The molecular weight excluding hydrogens is 640 g/mol. The highest BCUT2D eigenvalue weighted by atomic mass is 79.9. The predicted octanol–water partition coefficient (Wildman–Crippen LogP) is 8.12. The van der Waals surface area contributed by atoms with Gasteiger partial charge in [0.15, 0.2) is 0 Å². The van der Waals surface area contributed by atoms with Crippen LogP contribution in [0.2, 0.25) is 0 Å². The third kappa shape index (κ3) is 6.67. The Morgan fingerprint density at radius 3 is 2.52 bits per heavy atom. The second-order valence-electron chi connectivity index (χ2n) is 10.7. The molecule has 0 saturated heterocycles. The van der Waals surface area contributed by atoms with E-state index in [1.54, 1.807) is 0 Å². The molecule has 0 amide bonds. The number of aryl methyl sites for hydroxylation is 3. The van der Waals surface area contributed by atoms with Crippen LogP contribution in [-0.4, -0.2) is 47.1 Å². The zero-order valence-corrected chi connectivity index (χ0v) is 28.4. The van der Waals surface area contributed by atoms with E-state index >= 15 is 0 Å². The van der Waals surface area contributed by atoms with E-state index in [4.69, 9.17) is 14.6 Å². The molecule has 0 saturated carbocycles. The van der Waals surface area contributed by atoms with Crippen molar-refractivity contribution >= 4 is 56.0 Å². The monoisotopic (exact) mass is 682 g/mol. The Hall–Kier alpha value is -3.33. The fourth-order valence-corrected chi connectivity index (χ4v) is 6.58. The summed E-state index contributed by atoms with van der Waals surface area (Å²) < 4.78 is 16.2. The van der Waals surface area contributed by atoms with Crippen LogP contribution in [0, 0.1) is 0 Å². The number of aromatic nitrogens is 3. The van der Waals surface area contributed by atoms with Gasteiger partial charge in [-0.2, -0.15) is 5.10 Å². The minimum atomic E-state index is -0.276. The van der Waals surface area contributed by atoms with Gasteiger partial charge in [-0.3, -0.25) is 4.68 Å². The normalized spacial score (nSPS) is 11.2. The van der Waals surface area contributed by atoms with Crippen molar-refractivity contribution in [1.82, 2.24) is 19.7 Å². The average Bonchev–Trinajstić information content (AvgIpc) is 3.53. The van der Waals surface area contributed by atoms with E-state index < -0.39 is 0 Å². The van der Waals surface area contributed by atoms with Crippen molar-refractivity contribution in [3.05, 3.63) is 83.3 Å². The second kappa shape index (κ2) is 15.6. The van der Waals surface area contributed by atoms with Crippen LogP contribution in [-0.2, 0) is 36.5 Å². The number of fused-ring (bicyclic) bond motifs is 2. The zero-order chi connectivity index (χ0) is 30.3. The third-order valence-electron chi connectivity index (χ3n) is 8.01. The van der Waals surface area contributed by atoms with E-state index in [-0.39, 0.29) is 19.8 Å². The van der Waals surface area contributed by atoms with Gasteiger partial charge >= 0.3 is 5.97 Å². The molecule has 0 aliphatic rings. The molecule has 7 nitrogen and oxygen atoms in total. The van der Waals surface area contributed by atoms with Gasteiger partial charge in [0.05, 0.1) is 24.4 Å². The molecule has 2 heterocycles. The Kier molecular flexibility index (Phi) is 11.9. The highest BCUT2D eigenvalue weighted by Crippen LogP contribution is 2.39. The van der Waals surface area contributed by atoms with Gasteiger partial charge in [0.25, 0.3) is 0 Å². The van der Waals surface area contributed by atoms with Crippen molar-refractivity contribution in [2.45, 2.75) is 51.4 Å². The van der Waals surface area contributed by atoms with Crippen LogP contribution in [0.3, 0.4) is 0 Å². The molecule has 0 spiro atoms. The van der Waals surface area contributed by atoms with Crippen molar-refractivity contribution in [2.24, 2.45) is 7.05 Å². The molecule has 3 aromatic carbocycles. The number of alkyl halides is 1. The quantitative estimate of drug-likeness (QED) is 0.0728. The van der Waals surface area contributed by atoms with E-state index in [9.17, 15) is 4.79 Å². The zero-order valence-electron chi connectivity index (χ0n) is 26.0. The largest absolute Gasteiger partial charge is 0.493 e. The summed E-state index contributed by atoms with van der Waals surface area (Å²) in [5, 5.41) is 12.1. The summed E-state index contributed by atoms with van der Waals surface area (Å²) in [4.78, 5) is 13.7. The highest BCUT2D eigenvalue weighted by Gasteiger charge is 2.27. The lowest BCUT2D eigenvalue weighted by atomic mass is 9.97. The number of nitrogens with one attached hydrogen (secondary N) is 1. The highest BCUT2D eigenvalue weighted by molar-refractivity contribution is 9.08. The summed E-state index contributed by atoms with van der Waals surface area (Å²) in [7, 11) is 3.96. The molecule has 0 aliphatic carbocycles. The van der Waals surface area contributed by atoms with Gasteiger partial charge in [-0.1, -0.05) is 77.5 Å². The van der Waals surface area contributed by atoms with Crippen LogP contribution < -0.4 is 10.1 Å². The molecule has 5 rings (SSSR count). The van der Waals surface area contributed by atoms with Gasteiger partial charge in [-0.15, -0.1) is 12.4 Å². The minimum absolute atomic E-state index is 0. The van der Waals surface area contributed by atoms with Crippen molar-refractivity contribution in [2.75, 3.05) is 26.8 Å². The molecule has 2 aromatic heterocycles. The average molecular weight is 684 g/mol. The molecule has 0 bridgehead atoms. The van der Waals surface area contributed by atoms with Crippen molar-refractivity contribution < 1.29 is 15.7 Å². The number of halogens is 2. The Balaban J connectivity index is 0.00000276. The molecule has 0 unspecified atom stereocenters. The summed E-state index contributed by atoms with van der Waals surface area (Å²) in [6, 6.07) is 20.8. The van der Waals surface area contributed by atoms with E-state index in [2.05, 4.69) is 69.1 Å². The first-order chi connectivity index (χ1) is 21.0. The Morgan fingerprint density at radius 2 is 1.77 bits per heavy atom. The van der Waals surface area contributed by atoms with Gasteiger partial charge < -0.3 is 19.4 Å². The molecule has 9 heteroatoms. The van der Waals surface area contributed by atoms with Crippen LogP contribution in [0.1, 0.15) is 55.6 Å². The van der Waals surface area contributed by atoms with Gasteiger partial charge in [0.2, 0.25) is 0 Å². The van der Waals surface area contributed by atoms with Crippen LogP contribution >= 0.6 is 28.3 Å². The summed E-state index contributed by atoms with van der Waals surface area (Å²) in [5.41, 5.74) is 7.14. The lowest BCUT2D eigenvalue weighted by Crippen LogP contribution is -2.17. The second-order valence-corrected chi connectivity index (χ2v) is 11.2. The Labute approximate surface area is 275 Å². The number of para-hydroxylation sites is 1. The smallest absolute Gasteiger partial charge is 0.355 e. The maximum Gasteiger partial charge on any atom is 0.355 e. The van der Waals surface area contributed by atoms with Crippen LogP contribution in [0.25, 0.3) is 32.8 Å². The fraction of sp³-hybridized carbons (Fsp3) is 0.371. The van der Waals surface area contributed by atoms with E-state index in [1.807, 2.05) is 50.0 Å². The maximum absolute atomic E-state index is 13.7. The standard InChI is InChI=1S/C35H41BrN4O3.ClH.H2/c1-5-30-32(29(23-36)38-39(30)4)28-17-10-16-26-27(34(35(41)42-6-2)40(33(26)28)21-12-20-37-3)18-11-22-43-31-19-9-14-24-13-7-8-15-25(24)31;;/h7-10,13-17,19,37H,5-6,11-12,18,20-23H2,1-4H3;2*1H. The first kappa shape index (κ1) is 33.6. The van der Waals surface area contributed by atoms with Crippen molar-refractivity contribution in [3.63, 3.8) is 0 Å². The molecule has 5 aromatic rings. The lowest BCUT2D eigenvalue weighted by Gasteiger charge is -2.14. The first-order valence-corrected chi connectivity index (χ1v) is 16.3. The third-order valence-corrected chi connectivity index (χ3v) is 8.54. The SMILES string of the molecule is CCOC(=O)c1c(CCCOc2cccc3ccccc23)c2cccc(-c3c(CBr)nn(C)c3CC)c2n1CCCNC.Cl.[HH]. The lowest BCUT2D eigenvalue weighted by molar-refractivity contribution is 0.0512. The number of rotatable bonds is 14. The van der Waals surface area contributed by atoms with Gasteiger partial charge in [-0.25, -0.2) is 4.79 Å². The number of hydrogen-bond donors (Lipinski definition) is 1. The summed E-state index contributed by atoms with van der Waals surface area (Å²) in [6.45, 7) is 6.43. The summed E-state index contributed by atoms with van der Waals surface area (Å²) in [6.07, 6.45) is 3.18. The van der Waals surface area contributed by atoms with Crippen LogP contribution in [0.5, 0.6) is 5.75 Å². The summed E-state index contributed by atoms with van der Waals surface area (Å²) in [5.74, 6) is 0.605. The number of hydrogen-bond acceptors (Lipinski definition) is 5. The number of nitrogens with zero attached hydrogens (tertiary/aromatic N) is 3. The van der Waals surface area contributed by atoms with E-state index in [0.29, 0.717) is 37.2 Å². The molecular formula is C35H44BrClN4O3. The molecule has 236 valence electrons. The molecule has 0 fully saturated rings. The maximum atomic E-state index is 13.7. The van der Waals surface area contributed by atoms with E-state index in [1.165, 1.54) is 5.69 Å². The molecule has 0 radical (unpaired) electrons. The van der Waals surface area contributed by atoms with E-state index in [0.717, 1.165) is 75.6 Å². The molecule has 0 atom stereocenters. The number of carbonyl (C=O) groups excluding carboxylic acids is 1. The van der Waals surface area contributed by atoms with Gasteiger partial charge in [0.1, 0.15) is 11.4 Å². The van der Waals surface area contributed by atoms with Crippen molar-refractivity contribution in [1.29, 1.82) is 0 Å². The van der Waals surface area contributed by atoms with Gasteiger partial charge in [0, 0.05) is 47.9 Å². The Morgan fingerprint density at radius 1 is 1.02 bits per heavy atom. The number of benzene rings is 3. The molecule has 1 N–H and O–H groups in total. The first-order valence-electron chi connectivity index (χ1n) is 15.2. The van der Waals surface area contributed by atoms with Crippen LogP contribution in [0.15, 0.2) is 60.7 Å². The van der Waals surface area contributed by atoms with Gasteiger partial charge in [-0.05, 0) is 63.2 Å². The molecule has 44 heavy (non-hydrogen) atoms. The number of esters is 1. The fourth-order valence-electron chi connectivity index (χ4n) is 6.19. The number of carbonyl (C=O) groups is 1. The van der Waals surface area contributed by atoms with Crippen LogP contribution in [0.4, 0.5) is 0 Å². The minimum Gasteiger partial charge on any atom is -0.493 e.